The van der Waals surface area contributed by atoms with E-state index in [9.17, 15) is 13.6 Å². The fourth-order valence-corrected chi connectivity index (χ4v) is 2.63. The van der Waals surface area contributed by atoms with Crippen LogP contribution >= 0.6 is 0 Å². The van der Waals surface area contributed by atoms with Crippen molar-refractivity contribution in [2.24, 2.45) is 5.73 Å². The van der Waals surface area contributed by atoms with Gasteiger partial charge in [-0.1, -0.05) is 18.9 Å². The van der Waals surface area contributed by atoms with Gasteiger partial charge in [0, 0.05) is 12.1 Å². The van der Waals surface area contributed by atoms with Gasteiger partial charge >= 0.3 is 0 Å². The zero-order chi connectivity index (χ0) is 13.9. The van der Waals surface area contributed by atoms with Gasteiger partial charge in [-0.2, -0.15) is 0 Å². The molecule has 0 unspecified atom stereocenters. The fourth-order valence-electron chi connectivity index (χ4n) is 2.63. The Morgan fingerprint density at radius 1 is 1.26 bits per heavy atom. The fraction of sp³-hybridized carbons (Fsp3) is 0.500. The van der Waals surface area contributed by atoms with Crippen molar-refractivity contribution in [1.82, 2.24) is 5.32 Å². The van der Waals surface area contributed by atoms with E-state index in [4.69, 9.17) is 5.73 Å². The Morgan fingerprint density at radius 3 is 2.37 bits per heavy atom. The average Bonchev–Trinajstić information content (AvgIpc) is 2.83. The summed E-state index contributed by atoms with van der Waals surface area (Å²) < 4.78 is 26.9. The summed E-state index contributed by atoms with van der Waals surface area (Å²) in [6.45, 7) is 0.360. The maximum Gasteiger partial charge on any atom is 0.225 e. The Kier molecular flexibility index (Phi) is 4.14. The zero-order valence-corrected chi connectivity index (χ0v) is 10.7. The summed E-state index contributed by atoms with van der Waals surface area (Å²) in [6.07, 6.45) is 3.40. The molecule has 104 valence electrons. The van der Waals surface area contributed by atoms with E-state index in [1.54, 1.807) is 0 Å². The third-order valence-electron chi connectivity index (χ3n) is 3.76. The van der Waals surface area contributed by atoms with Crippen LogP contribution in [-0.2, 0) is 11.2 Å². The van der Waals surface area contributed by atoms with E-state index in [1.807, 2.05) is 0 Å². The maximum absolute atomic E-state index is 13.5. The molecule has 0 saturated heterocycles. The van der Waals surface area contributed by atoms with Crippen LogP contribution in [0.3, 0.4) is 0 Å². The number of hydrogen-bond acceptors (Lipinski definition) is 2. The second-order valence-corrected chi connectivity index (χ2v) is 5.12. The molecule has 1 aromatic carbocycles. The summed E-state index contributed by atoms with van der Waals surface area (Å²) in [4.78, 5) is 11.9. The van der Waals surface area contributed by atoms with Crippen LogP contribution in [0.15, 0.2) is 18.2 Å². The molecule has 1 aromatic rings. The second-order valence-electron chi connectivity index (χ2n) is 5.12. The van der Waals surface area contributed by atoms with Crippen molar-refractivity contribution >= 4 is 5.91 Å². The molecule has 1 aliphatic carbocycles. The Morgan fingerprint density at radius 2 is 1.84 bits per heavy atom. The molecule has 1 saturated carbocycles. The largest absolute Gasteiger partial charge is 0.349 e. The highest BCUT2D eigenvalue weighted by Crippen LogP contribution is 2.28. The van der Waals surface area contributed by atoms with Gasteiger partial charge in [-0.25, -0.2) is 8.78 Å². The molecule has 3 N–H and O–H groups in total. The van der Waals surface area contributed by atoms with Crippen molar-refractivity contribution in [2.45, 2.75) is 37.6 Å². The summed E-state index contributed by atoms with van der Waals surface area (Å²) in [5.74, 6) is -1.76. The van der Waals surface area contributed by atoms with Crippen molar-refractivity contribution in [1.29, 1.82) is 0 Å². The predicted molar refractivity (Wildman–Crippen MR) is 68.5 cm³/mol. The molecule has 0 radical (unpaired) electrons. The third-order valence-corrected chi connectivity index (χ3v) is 3.76. The predicted octanol–water partition coefficient (Wildman–Crippen LogP) is 1.89. The van der Waals surface area contributed by atoms with Gasteiger partial charge in [0.2, 0.25) is 5.91 Å². The van der Waals surface area contributed by atoms with Crippen molar-refractivity contribution < 1.29 is 13.6 Å². The normalized spacial score (nSPS) is 17.4. The lowest BCUT2D eigenvalue weighted by atomic mass is 9.97. The number of nitrogens with one attached hydrogen (secondary N) is 1. The topological polar surface area (TPSA) is 55.1 Å². The van der Waals surface area contributed by atoms with Crippen LogP contribution in [0.5, 0.6) is 0 Å². The minimum absolute atomic E-state index is 0.190. The van der Waals surface area contributed by atoms with Gasteiger partial charge in [-0.15, -0.1) is 0 Å². The number of hydrogen-bond donors (Lipinski definition) is 2. The molecule has 0 aromatic heterocycles. The highest BCUT2D eigenvalue weighted by Gasteiger charge is 2.34. The SMILES string of the molecule is NCC1(NC(=O)Cc2c(F)cccc2F)CCCC1. The van der Waals surface area contributed by atoms with E-state index in [1.165, 1.54) is 6.07 Å². The first-order chi connectivity index (χ1) is 9.06. The quantitative estimate of drug-likeness (QED) is 0.876. The molecule has 0 spiro atoms. The van der Waals surface area contributed by atoms with E-state index in [0.717, 1.165) is 37.8 Å². The van der Waals surface area contributed by atoms with Gasteiger partial charge in [-0.05, 0) is 25.0 Å². The Hall–Kier alpha value is -1.49. The van der Waals surface area contributed by atoms with Crippen LogP contribution in [-0.4, -0.2) is 18.0 Å². The van der Waals surface area contributed by atoms with Crippen molar-refractivity contribution in [2.75, 3.05) is 6.54 Å². The lowest BCUT2D eigenvalue weighted by Gasteiger charge is -2.28. The van der Waals surface area contributed by atoms with Crippen molar-refractivity contribution in [3.05, 3.63) is 35.4 Å². The Balaban J connectivity index is 2.05. The van der Waals surface area contributed by atoms with Crippen LogP contribution in [0.25, 0.3) is 0 Å². The number of amides is 1. The van der Waals surface area contributed by atoms with Crippen LogP contribution in [0.2, 0.25) is 0 Å². The summed E-state index contributed by atoms with van der Waals surface area (Å²) in [6, 6.07) is 3.59. The number of benzene rings is 1. The van der Waals surface area contributed by atoms with E-state index in [0.29, 0.717) is 6.54 Å². The smallest absolute Gasteiger partial charge is 0.225 e. The number of nitrogens with two attached hydrogens (primary N) is 1. The highest BCUT2D eigenvalue weighted by molar-refractivity contribution is 5.79. The summed E-state index contributed by atoms with van der Waals surface area (Å²) >= 11 is 0. The molecule has 0 aliphatic heterocycles. The number of carbonyl (C=O) groups is 1. The van der Waals surface area contributed by atoms with Gasteiger partial charge in [0.1, 0.15) is 11.6 Å². The molecule has 5 heteroatoms. The molecule has 2 rings (SSSR count). The molecular formula is C14H18F2N2O. The molecule has 1 fully saturated rings. The zero-order valence-electron chi connectivity index (χ0n) is 10.7. The molecule has 3 nitrogen and oxygen atoms in total. The monoisotopic (exact) mass is 268 g/mol. The van der Waals surface area contributed by atoms with Gasteiger partial charge < -0.3 is 11.1 Å². The number of halogens is 2. The number of rotatable bonds is 4. The summed E-state index contributed by atoms with van der Waals surface area (Å²) in [5, 5.41) is 2.85. The van der Waals surface area contributed by atoms with Crippen LogP contribution in [0.4, 0.5) is 8.78 Å². The summed E-state index contributed by atoms with van der Waals surface area (Å²) in [7, 11) is 0. The number of carbonyl (C=O) groups excluding carboxylic acids is 1. The lowest BCUT2D eigenvalue weighted by molar-refractivity contribution is -0.122. The van der Waals surface area contributed by atoms with Crippen molar-refractivity contribution in [3.63, 3.8) is 0 Å². The summed E-state index contributed by atoms with van der Waals surface area (Å²) in [5.41, 5.74) is 5.13. The van der Waals surface area contributed by atoms with E-state index in [-0.39, 0.29) is 17.9 Å². The minimum atomic E-state index is -0.691. The van der Waals surface area contributed by atoms with Crippen LogP contribution < -0.4 is 11.1 Å². The van der Waals surface area contributed by atoms with Gasteiger partial charge in [0.25, 0.3) is 0 Å². The maximum atomic E-state index is 13.5. The first kappa shape index (κ1) is 13.9. The molecular weight excluding hydrogens is 250 g/mol. The molecule has 0 heterocycles. The van der Waals surface area contributed by atoms with E-state index < -0.39 is 17.2 Å². The van der Waals surface area contributed by atoms with Crippen LogP contribution in [0.1, 0.15) is 31.2 Å². The third kappa shape index (κ3) is 3.10. The van der Waals surface area contributed by atoms with E-state index >= 15 is 0 Å². The van der Waals surface area contributed by atoms with Crippen LogP contribution in [0, 0.1) is 11.6 Å². The standard InChI is InChI=1S/C14H18F2N2O/c15-11-4-3-5-12(16)10(11)8-13(19)18-14(9-17)6-1-2-7-14/h3-5H,1-2,6-9,17H2,(H,18,19). The molecule has 19 heavy (non-hydrogen) atoms. The van der Waals surface area contributed by atoms with E-state index in [2.05, 4.69) is 5.32 Å². The molecule has 1 aliphatic rings. The first-order valence-electron chi connectivity index (χ1n) is 6.50. The van der Waals surface area contributed by atoms with Gasteiger partial charge in [-0.3, -0.25) is 4.79 Å². The van der Waals surface area contributed by atoms with Crippen molar-refractivity contribution in [3.8, 4) is 0 Å². The Labute approximate surface area is 111 Å². The minimum Gasteiger partial charge on any atom is -0.349 e. The molecule has 1 amide bonds. The second kappa shape index (κ2) is 5.65. The highest BCUT2D eigenvalue weighted by atomic mass is 19.1. The molecule has 0 atom stereocenters. The van der Waals surface area contributed by atoms with Gasteiger partial charge in [0.05, 0.1) is 12.0 Å². The average molecular weight is 268 g/mol. The molecule has 0 bridgehead atoms. The Bertz CT molecular complexity index is 450. The lowest BCUT2D eigenvalue weighted by Crippen LogP contribution is -2.52. The first-order valence-corrected chi connectivity index (χ1v) is 6.50. The van der Waals surface area contributed by atoms with Gasteiger partial charge in [0.15, 0.2) is 0 Å².